The molecule has 9 heteroatoms. The lowest BCUT2D eigenvalue weighted by molar-refractivity contribution is -0.153. The maximum absolute atomic E-state index is 13.6. The van der Waals surface area contributed by atoms with Crippen LogP contribution in [0.3, 0.4) is 0 Å². The highest BCUT2D eigenvalue weighted by Gasteiger charge is 2.53. The number of carbonyl (C=O) groups is 1. The zero-order valence-corrected chi connectivity index (χ0v) is 24.0. The maximum Gasteiger partial charge on any atom is 0.243 e. The van der Waals surface area contributed by atoms with Gasteiger partial charge in [0.2, 0.25) is 5.91 Å². The molecule has 38 heavy (non-hydrogen) atoms. The monoisotopic (exact) mass is 518 g/mol. The largest absolute Gasteiger partial charge is 0.364 e. The summed E-state index contributed by atoms with van der Waals surface area (Å²) in [5, 5.41) is 9.60. The molecule has 0 unspecified atom stereocenters. The van der Waals surface area contributed by atoms with Crippen LogP contribution in [0.5, 0.6) is 0 Å². The van der Waals surface area contributed by atoms with E-state index in [0.717, 1.165) is 56.4 Å². The van der Waals surface area contributed by atoms with Crippen molar-refractivity contribution in [2.45, 2.75) is 76.4 Å². The van der Waals surface area contributed by atoms with E-state index in [0.29, 0.717) is 12.1 Å². The van der Waals surface area contributed by atoms with Gasteiger partial charge in [-0.05, 0) is 60.1 Å². The van der Waals surface area contributed by atoms with Gasteiger partial charge in [-0.2, -0.15) is 5.26 Å². The molecule has 3 atom stereocenters. The van der Waals surface area contributed by atoms with Gasteiger partial charge in [0, 0.05) is 63.3 Å². The van der Waals surface area contributed by atoms with Gasteiger partial charge in [0.15, 0.2) is 0 Å². The van der Waals surface area contributed by atoms with Crippen molar-refractivity contribution in [2.75, 3.05) is 57.1 Å². The molecule has 0 bridgehead atoms. The molecule has 1 spiro atoms. The number of amides is 1. The Balaban J connectivity index is 1.50. The molecule has 5 rings (SSSR count). The topological polar surface area (TPSA) is 82.8 Å². The minimum absolute atomic E-state index is 0.0157. The quantitative estimate of drug-likeness (QED) is 0.434. The second kappa shape index (κ2) is 9.57. The zero-order valence-electron chi connectivity index (χ0n) is 24.0. The predicted molar refractivity (Wildman–Crippen MR) is 150 cm³/mol. The Morgan fingerprint density at radius 3 is 2.39 bits per heavy atom. The summed E-state index contributed by atoms with van der Waals surface area (Å²) in [6.45, 7) is 11.6. The number of hydrogen-bond donors (Lipinski definition) is 0. The molecule has 4 aliphatic rings. The highest BCUT2D eigenvalue weighted by atomic mass is 16.2. The van der Waals surface area contributed by atoms with Crippen LogP contribution in [0.1, 0.15) is 58.9 Å². The first kappa shape index (κ1) is 26.5. The summed E-state index contributed by atoms with van der Waals surface area (Å²) < 4.78 is 0. The lowest BCUT2D eigenvalue weighted by Crippen LogP contribution is -2.69. The minimum atomic E-state index is -0.382. The summed E-state index contributed by atoms with van der Waals surface area (Å²) in [6, 6.07) is 2.53. The summed E-state index contributed by atoms with van der Waals surface area (Å²) >= 11 is 0. The van der Waals surface area contributed by atoms with E-state index in [4.69, 9.17) is 9.97 Å². The zero-order chi connectivity index (χ0) is 27.4. The predicted octanol–water partition coefficient (Wildman–Crippen LogP) is 3.11. The van der Waals surface area contributed by atoms with Crippen molar-refractivity contribution in [1.82, 2.24) is 24.7 Å². The van der Waals surface area contributed by atoms with Crippen molar-refractivity contribution >= 4 is 17.5 Å². The van der Waals surface area contributed by atoms with Crippen molar-refractivity contribution in [1.29, 1.82) is 5.26 Å². The lowest BCUT2D eigenvalue weighted by atomic mass is 9.66. The second-order valence-electron chi connectivity index (χ2n) is 12.1. The average Bonchev–Trinajstić information content (AvgIpc) is 3.24. The standard InChI is InChI=1S/C29H42N8O/c1-8-22(15-30)14-23(33(5)6)37-18-29(10-9-11-29)24-25(31-19-32-26(24)37)35-16-21(3)36(17-20(35)2)27(38)28(4)12-13-34(28)7/h8,14,19-21H,9-13,16-18H2,1-7H3/b22-8+,23-14+/t20-,21+,28+/m0/s1. The molecular weight excluding hydrogens is 476 g/mol. The Morgan fingerprint density at radius 1 is 1.16 bits per heavy atom. The minimum Gasteiger partial charge on any atom is -0.364 e. The molecule has 0 radical (unpaired) electrons. The van der Waals surface area contributed by atoms with Crippen LogP contribution in [0.4, 0.5) is 11.6 Å². The molecule has 3 fully saturated rings. The number of allylic oxidation sites excluding steroid dienone is 3. The van der Waals surface area contributed by atoms with Crippen molar-refractivity contribution in [3.63, 3.8) is 0 Å². The van der Waals surface area contributed by atoms with E-state index in [-0.39, 0.29) is 28.9 Å². The second-order valence-corrected chi connectivity index (χ2v) is 12.1. The van der Waals surface area contributed by atoms with Gasteiger partial charge in [0.05, 0.1) is 17.2 Å². The molecule has 2 saturated heterocycles. The van der Waals surface area contributed by atoms with Gasteiger partial charge >= 0.3 is 0 Å². The van der Waals surface area contributed by atoms with Crippen molar-refractivity contribution in [2.24, 2.45) is 0 Å². The number of fused-ring (bicyclic) bond motifs is 2. The third kappa shape index (κ3) is 3.96. The molecule has 4 heterocycles. The van der Waals surface area contributed by atoms with Crippen LogP contribution >= 0.6 is 0 Å². The Kier molecular flexibility index (Phi) is 6.67. The van der Waals surface area contributed by atoms with E-state index in [1.807, 2.05) is 40.2 Å². The molecule has 1 amide bonds. The summed E-state index contributed by atoms with van der Waals surface area (Å²) in [6.07, 6.45) is 9.82. The van der Waals surface area contributed by atoms with E-state index >= 15 is 0 Å². The van der Waals surface area contributed by atoms with Crippen LogP contribution < -0.4 is 9.80 Å². The van der Waals surface area contributed by atoms with Crippen molar-refractivity contribution < 1.29 is 4.79 Å². The molecule has 3 aliphatic heterocycles. The normalized spacial score (nSPS) is 29.1. The van der Waals surface area contributed by atoms with Crippen LogP contribution in [-0.2, 0) is 10.2 Å². The first-order valence-corrected chi connectivity index (χ1v) is 13.9. The van der Waals surface area contributed by atoms with E-state index in [1.54, 1.807) is 6.33 Å². The van der Waals surface area contributed by atoms with Crippen LogP contribution in [0.25, 0.3) is 0 Å². The first-order chi connectivity index (χ1) is 18.1. The van der Waals surface area contributed by atoms with Gasteiger partial charge in [0.1, 0.15) is 23.8 Å². The van der Waals surface area contributed by atoms with E-state index in [1.165, 1.54) is 12.0 Å². The fourth-order valence-electron chi connectivity index (χ4n) is 6.64. The van der Waals surface area contributed by atoms with E-state index < -0.39 is 0 Å². The summed E-state index contributed by atoms with van der Waals surface area (Å²) in [5.41, 5.74) is 1.50. The third-order valence-electron chi connectivity index (χ3n) is 9.58. The molecule has 1 aliphatic carbocycles. The first-order valence-electron chi connectivity index (χ1n) is 13.9. The van der Waals surface area contributed by atoms with Gasteiger partial charge < -0.3 is 19.6 Å². The molecule has 1 saturated carbocycles. The molecule has 9 nitrogen and oxygen atoms in total. The number of rotatable bonds is 5. The van der Waals surface area contributed by atoms with E-state index in [2.05, 4.69) is 51.3 Å². The number of likely N-dealkylation sites (N-methyl/N-ethyl adjacent to an activating group) is 1. The van der Waals surface area contributed by atoms with Gasteiger partial charge in [0.25, 0.3) is 0 Å². The fourth-order valence-corrected chi connectivity index (χ4v) is 6.64. The molecular formula is C29H42N8O. The number of likely N-dealkylation sites (tertiary alicyclic amines) is 1. The third-order valence-corrected chi connectivity index (χ3v) is 9.58. The van der Waals surface area contributed by atoms with Crippen molar-refractivity contribution in [3.05, 3.63) is 35.4 Å². The fraction of sp³-hybridized carbons (Fsp3) is 0.655. The number of carbonyl (C=O) groups excluding carboxylic acids is 1. The Labute approximate surface area is 227 Å². The smallest absolute Gasteiger partial charge is 0.243 e. The average molecular weight is 519 g/mol. The number of nitrogens with zero attached hydrogens (tertiary/aromatic N) is 8. The highest BCUT2D eigenvalue weighted by molar-refractivity contribution is 5.87. The maximum atomic E-state index is 13.6. The van der Waals surface area contributed by atoms with Gasteiger partial charge in [-0.1, -0.05) is 12.5 Å². The molecule has 0 N–H and O–H groups in total. The van der Waals surface area contributed by atoms with Crippen molar-refractivity contribution in [3.8, 4) is 6.07 Å². The number of anilines is 2. The number of piperazine rings is 1. The lowest BCUT2D eigenvalue weighted by Gasteiger charge is -2.53. The van der Waals surface area contributed by atoms with Gasteiger partial charge in [-0.3, -0.25) is 9.69 Å². The summed E-state index contributed by atoms with van der Waals surface area (Å²) in [4.78, 5) is 34.3. The number of nitriles is 1. The SMILES string of the molecule is C/C=C(C#N)\C=C(/N(C)C)N1CC2(CCC2)c2c1ncnc2N1C[C@@H](C)N(C(=O)[C@@]2(C)CCN2C)C[C@@H]1C. The Morgan fingerprint density at radius 2 is 1.87 bits per heavy atom. The molecule has 0 aromatic carbocycles. The number of aromatic nitrogens is 2. The molecule has 204 valence electrons. The molecule has 1 aromatic rings. The Bertz CT molecular complexity index is 1210. The van der Waals surface area contributed by atoms with Gasteiger partial charge in [-0.15, -0.1) is 0 Å². The van der Waals surface area contributed by atoms with E-state index in [9.17, 15) is 10.1 Å². The summed E-state index contributed by atoms with van der Waals surface area (Å²) in [5.74, 6) is 3.17. The van der Waals surface area contributed by atoms with Gasteiger partial charge in [-0.25, -0.2) is 9.97 Å². The van der Waals surface area contributed by atoms with Crippen LogP contribution in [0, 0.1) is 11.3 Å². The van der Waals surface area contributed by atoms with Crippen LogP contribution in [0.15, 0.2) is 29.9 Å². The van der Waals surface area contributed by atoms with Crippen LogP contribution in [0.2, 0.25) is 0 Å². The van der Waals surface area contributed by atoms with Crippen LogP contribution in [-0.4, -0.2) is 95.5 Å². The highest BCUT2D eigenvalue weighted by Crippen LogP contribution is 2.56. The molecule has 1 aromatic heterocycles. The summed E-state index contributed by atoms with van der Waals surface area (Å²) in [7, 11) is 6.08. The Hall–Kier alpha value is -3.12. The number of hydrogen-bond acceptors (Lipinski definition) is 8.